The molecule has 1 fully saturated rings. The number of carbonyl (C=O) groups excluding carboxylic acids is 1. The molecule has 10 heteroatoms. The number of amides is 1. The lowest BCUT2D eigenvalue weighted by molar-refractivity contribution is -0.00177. The first kappa shape index (κ1) is 23.6. The van der Waals surface area contributed by atoms with Gasteiger partial charge in [0.25, 0.3) is 5.91 Å². The molecule has 1 amide bonds. The van der Waals surface area contributed by atoms with E-state index in [1.54, 1.807) is 16.6 Å². The summed E-state index contributed by atoms with van der Waals surface area (Å²) >= 11 is 0. The SMILES string of the molecule is CC(C)(O)[C@H](F)CNC(=O)c1cnc(-c2ccc3cc(C#N)cnn23)cc1NC1CCNCC1. The van der Waals surface area contributed by atoms with Crippen LogP contribution in [0.1, 0.15) is 42.6 Å². The number of aromatic nitrogens is 3. The number of carbonyl (C=O) groups is 1. The number of fused-ring (bicyclic) bond motifs is 1. The van der Waals surface area contributed by atoms with Crippen molar-refractivity contribution in [3.8, 4) is 17.5 Å². The summed E-state index contributed by atoms with van der Waals surface area (Å²) in [6, 6.07) is 9.49. The van der Waals surface area contributed by atoms with Crippen LogP contribution >= 0.6 is 0 Å². The average molecular weight is 466 g/mol. The van der Waals surface area contributed by atoms with E-state index in [1.807, 2.05) is 12.1 Å². The Hall–Kier alpha value is -3.55. The molecule has 1 atom stereocenters. The molecule has 0 bridgehead atoms. The van der Waals surface area contributed by atoms with Crippen LogP contribution in [0.3, 0.4) is 0 Å². The standard InChI is InChI=1S/C24H28FN7O2/c1-24(2,34)22(25)14-29-23(33)18-13-28-20(10-19(18)31-16-5-7-27-8-6-16)21-4-3-17-9-15(11-26)12-30-32(17)21/h3-4,9-10,12-13,16,22,27,34H,5-8,14H2,1-2H3,(H,28,31)(H,29,33)/t22-/m1/s1. The van der Waals surface area contributed by atoms with Crippen molar-refractivity contribution >= 4 is 17.1 Å². The third kappa shape index (κ3) is 5.16. The fourth-order valence-corrected chi connectivity index (χ4v) is 3.86. The minimum atomic E-state index is -1.61. The van der Waals surface area contributed by atoms with Gasteiger partial charge in [-0.25, -0.2) is 8.91 Å². The average Bonchev–Trinajstić information content (AvgIpc) is 3.25. The highest BCUT2D eigenvalue weighted by Crippen LogP contribution is 2.27. The Kier molecular flexibility index (Phi) is 6.77. The van der Waals surface area contributed by atoms with Crippen molar-refractivity contribution in [2.75, 3.05) is 25.0 Å². The molecule has 1 saturated heterocycles. The van der Waals surface area contributed by atoms with Crippen LogP contribution in [-0.4, -0.2) is 63.1 Å². The van der Waals surface area contributed by atoms with Crippen LogP contribution in [-0.2, 0) is 0 Å². The number of anilines is 1. The first-order valence-corrected chi connectivity index (χ1v) is 11.3. The van der Waals surface area contributed by atoms with Gasteiger partial charge in [0.05, 0.1) is 52.1 Å². The van der Waals surface area contributed by atoms with Crippen LogP contribution in [0.4, 0.5) is 10.1 Å². The largest absolute Gasteiger partial charge is 0.387 e. The maximum Gasteiger partial charge on any atom is 0.255 e. The first-order valence-electron chi connectivity index (χ1n) is 11.3. The Bertz CT molecular complexity index is 1220. The van der Waals surface area contributed by atoms with Crippen molar-refractivity contribution in [3.05, 3.63) is 47.8 Å². The lowest BCUT2D eigenvalue weighted by atomic mass is 10.0. The molecule has 3 aromatic heterocycles. The smallest absolute Gasteiger partial charge is 0.255 e. The fraction of sp³-hybridized carbons (Fsp3) is 0.417. The molecule has 0 aliphatic carbocycles. The Labute approximate surface area is 197 Å². The van der Waals surface area contributed by atoms with Crippen LogP contribution < -0.4 is 16.0 Å². The van der Waals surface area contributed by atoms with E-state index in [9.17, 15) is 14.3 Å². The van der Waals surface area contributed by atoms with Crippen molar-refractivity contribution in [3.63, 3.8) is 0 Å². The van der Waals surface area contributed by atoms with Gasteiger partial charge in [-0.1, -0.05) is 0 Å². The minimum Gasteiger partial charge on any atom is -0.387 e. The number of aliphatic hydroxyl groups is 1. The van der Waals surface area contributed by atoms with Gasteiger partial charge in [0.2, 0.25) is 0 Å². The Morgan fingerprint density at radius 2 is 2.12 bits per heavy atom. The molecule has 0 unspecified atom stereocenters. The number of nitrogens with zero attached hydrogens (tertiary/aromatic N) is 4. The molecule has 0 aromatic carbocycles. The van der Waals surface area contributed by atoms with Gasteiger partial charge in [-0.3, -0.25) is 9.78 Å². The monoisotopic (exact) mass is 465 g/mol. The van der Waals surface area contributed by atoms with Gasteiger partial charge >= 0.3 is 0 Å². The number of hydrogen-bond acceptors (Lipinski definition) is 7. The van der Waals surface area contributed by atoms with E-state index in [-0.39, 0.29) is 12.6 Å². The highest BCUT2D eigenvalue weighted by atomic mass is 19.1. The Balaban J connectivity index is 1.65. The molecular weight excluding hydrogens is 437 g/mol. The molecule has 4 heterocycles. The van der Waals surface area contributed by atoms with E-state index < -0.39 is 17.7 Å². The molecule has 1 aliphatic rings. The van der Waals surface area contributed by atoms with E-state index in [2.05, 4.69) is 32.1 Å². The summed E-state index contributed by atoms with van der Waals surface area (Å²) in [5, 5.41) is 32.6. The van der Waals surface area contributed by atoms with E-state index in [0.717, 1.165) is 31.4 Å². The quantitative estimate of drug-likeness (QED) is 0.421. The molecule has 0 radical (unpaired) electrons. The van der Waals surface area contributed by atoms with E-state index in [0.29, 0.717) is 28.2 Å². The summed E-state index contributed by atoms with van der Waals surface area (Å²) in [5.41, 5.74) is 1.87. The van der Waals surface area contributed by atoms with Crippen LogP contribution in [0.5, 0.6) is 0 Å². The first-order chi connectivity index (χ1) is 16.3. The van der Waals surface area contributed by atoms with Crippen LogP contribution in [0, 0.1) is 11.3 Å². The highest BCUT2D eigenvalue weighted by Gasteiger charge is 2.27. The van der Waals surface area contributed by atoms with Gasteiger partial charge in [-0.15, -0.1) is 0 Å². The second kappa shape index (κ2) is 9.75. The van der Waals surface area contributed by atoms with Crippen molar-refractivity contribution < 1.29 is 14.3 Å². The number of piperidine rings is 1. The summed E-state index contributed by atoms with van der Waals surface area (Å²) in [4.78, 5) is 17.4. The summed E-state index contributed by atoms with van der Waals surface area (Å²) in [6.45, 7) is 4.16. The van der Waals surface area contributed by atoms with Crippen LogP contribution in [0.25, 0.3) is 16.9 Å². The maximum absolute atomic E-state index is 14.2. The Morgan fingerprint density at radius 1 is 1.35 bits per heavy atom. The second-order valence-electron chi connectivity index (χ2n) is 9.03. The van der Waals surface area contributed by atoms with Crippen molar-refractivity contribution in [1.29, 1.82) is 5.26 Å². The lowest BCUT2D eigenvalue weighted by Gasteiger charge is -2.26. The van der Waals surface area contributed by atoms with Gasteiger partial charge < -0.3 is 21.1 Å². The minimum absolute atomic E-state index is 0.175. The third-order valence-electron chi connectivity index (χ3n) is 5.95. The number of halogens is 1. The van der Waals surface area contributed by atoms with Gasteiger partial charge in [-0.2, -0.15) is 10.4 Å². The molecule has 1 aliphatic heterocycles. The zero-order valence-corrected chi connectivity index (χ0v) is 19.2. The molecule has 9 nitrogen and oxygen atoms in total. The van der Waals surface area contributed by atoms with Gasteiger partial charge in [0.1, 0.15) is 12.2 Å². The summed E-state index contributed by atoms with van der Waals surface area (Å²) < 4.78 is 15.9. The molecule has 0 spiro atoms. The number of nitrogens with one attached hydrogen (secondary N) is 3. The number of hydrogen-bond donors (Lipinski definition) is 4. The predicted octanol–water partition coefficient (Wildman–Crippen LogP) is 2.27. The summed E-state index contributed by atoms with van der Waals surface area (Å²) in [5.74, 6) is -0.473. The summed E-state index contributed by atoms with van der Waals surface area (Å²) in [7, 11) is 0. The number of rotatable bonds is 7. The van der Waals surface area contributed by atoms with Gasteiger partial charge in [0.15, 0.2) is 0 Å². The lowest BCUT2D eigenvalue weighted by Crippen LogP contribution is -2.42. The molecule has 34 heavy (non-hydrogen) atoms. The van der Waals surface area contributed by atoms with Crippen molar-refractivity contribution in [2.45, 2.75) is 44.5 Å². The highest BCUT2D eigenvalue weighted by molar-refractivity contribution is 6.00. The molecule has 3 aromatic rings. The topological polar surface area (TPSA) is 127 Å². The number of nitriles is 1. The molecule has 0 saturated carbocycles. The second-order valence-corrected chi connectivity index (χ2v) is 9.03. The molecule has 178 valence electrons. The Morgan fingerprint density at radius 3 is 2.82 bits per heavy atom. The van der Waals surface area contributed by atoms with E-state index in [4.69, 9.17) is 5.26 Å². The van der Waals surface area contributed by atoms with Gasteiger partial charge in [0, 0.05) is 12.2 Å². The van der Waals surface area contributed by atoms with Crippen molar-refractivity contribution in [1.82, 2.24) is 25.2 Å². The summed E-state index contributed by atoms with van der Waals surface area (Å²) in [6.07, 6.45) is 3.14. The predicted molar refractivity (Wildman–Crippen MR) is 126 cm³/mol. The maximum atomic E-state index is 14.2. The normalized spacial score (nSPS) is 15.6. The zero-order chi connectivity index (χ0) is 24.3. The number of alkyl halides is 1. The number of pyridine rings is 1. The zero-order valence-electron chi connectivity index (χ0n) is 19.2. The van der Waals surface area contributed by atoms with Crippen LogP contribution in [0.2, 0.25) is 0 Å². The third-order valence-corrected chi connectivity index (χ3v) is 5.95. The molecule has 4 rings (SSSR count). The van der Waals surface area contributed by atoms with Gasteiger partial charge in [-0.05, 0) is 64.0 Å². The van der Waals surface area contributed by atoms with Crippen LogP contribution in [0.15, 0.2) is 36.7 Å². The fourth-order valence-electron chi connectivity index (χ4n) is 3.86. The van der Waals surface area contributed by atoms with Crippen molar-refractivity contribution in [2.24, 2.45) is 0 Å². The molecule has 4 N–H and O–H groups in total. The van der Waals surface area contributed by atoms with E-state index >= 15 is 0 Å². The van der Waals surface area contributed by atoms with E-state index in [1.165, 1.54) is 26.2 Å². The molecular formula is C24H28FN7O2.